The summed E-state index contributed by atoms with van der Waals surface area (Å²) in [4.78, 5) is 14.4. The molecule has 2 rings (SSSR count). The maximum atomic E-state index is 12.6. The van der Waals surface area contributed by atoms with Crippen molar-refractivity contribution in [2.45, 2.75) is 39.8 Å². The number of nitrogens with zero attached hydrogens (tertiary/aromatic N) is 1. The first-order valence-electron chi connectivity index (χ1n) is 7.56. The molecular weight excluding hydrogens is 280 g/mol. The Bertz CT molecular complexity index is 564. The number of carbonyl (C=O) groups is 1. The normalized spacial score (nSPS) is 16.0. The van der Waals surface area contributed by atoms with Crippen LogP contribution in [0.4, 0.5) is 0 Å². The molecule has 1 aliphatic heterocycles. The highest BCUT2D eigenvalue weighted by molar-refractivity contribution is 5.82. The zero-order valence-corrected chi connectivity index (χ0v) is 14.1. The third-order valence-corrected chi connectivity index (χ3v) is 4.23. The lowest BCUT2D eigenvalue weighted by Crippen LogP contribution is -2.51. The van der Waals surface area contributed by atoms with Crippen LogP contribution in [0.5, 0.6) is 11.5 Å². The van der Waals surface area contributed by atoms with E-state index in [1.54, 1.807) is 14.2 Å². The summed E-state index contributed by atoms with van der Waals surface area (Å²) in [5.74, 6) is 1.43. The summed E-state index contributed by atoms with van der Waals surface area (Å²) in [5.41, 5.74) is 8.17. The summed E-state index contributed by atoms with van der Waals surface area (Å²) in [6.07, 6.45) is 0.804. The molecule has 0 aromatic heterocycles. The number of methoxy groups -OCH3 is 2. The standard InChI is InChI=1S/C17H26N2O3/c1-17(2,3)15(18)16(20)19-7-6-11-8-13(21-4)14(22-5)9-12(11)10-19/h8-9,15H,6-7,10,18H2,1-5H3/t15-/m0/s1. The van der Waals surface area contributed by atoms with Crippen LogP contribution in [-0.2, 0) is 17.8 Å². The van der Waals surface area contributed by atoms with E-state index in [4.69, 9.17) is 15.2 Å². The summed E-state index contributed by atoms with van der Waals surface area (Å²) in [5, 5.41) is 0. The van der Waals surface area contributed by atoms with Crippen LogP contribution in [0, 0.1) is 5.41 Å². The molecule has 5 heteroatoms. The van der Waals surface area contributed by atoms with Gasteiger partial charge in [-0.25, -0.2) is 0 Å². The molecule has 1 heterocycles. The summed E-state index contributed by atoms with van der Waals surface area (Å²) < 4.78 is 10.7. The Morgan fingerprint density at radius 1 is 1.18 bits per heavy atom. The van der Waals surface area contributed by atoms with Gasteiger partial charge in [-0.1, -0.05) is 20.8 Å². The van der Waals surface area contributed by atoms with Crippen molar-refractivity contribution in [2.24, 2.45) is 11.1 Å². The second kappa shape index (κ2) is 6.16. The molecule has 22 heavy (non-hydrogen) atoms. The second-order valence-electron chi connectivity index (χ2n) is 6.83. The van der Waals surface area contributed by atoms with E-state index in [2.05, 4.69) is 0 Å². The summed E-state index contributed by atoms with van der Waals surface area (Å²) in [7, 11) is 3.25. The van der Waals surface area contributed by atoms with Gasteiger partial charge in [-0.2, -0.15) is 0 Å². The molecule has 122 valence electrons. The first-order chi connectivity index (χ1) is 10.3. The highest BCUT2D eigenvalue weighted by Crippen LogP contribution is 2.33. The van der Waals surface area contributed by atoms with Gasteiger partial charge < -0.3 is 20.1 Å². The van der Waals surface area contributed by atoms with Crippen molar-refractivity contribution in [3.8, 4) is 11.5 Å². The molecule has 0 fully saturated rings. The molecule has 1 amide bonds. The van der Waals surface area contributed by atoms with Crippen molar-refractivity contribution in [1.29, 1.82) is 0 Å². The van der Waals surface area contributed by atoms with Gasteiger partial charge in [0.2, 0.25) is 5.91 Å². The largest absolute Gasteiger partial charge is 0.493 e. The fraction of sp³-hybridized carbons (Fsp3) is 0.588. The molecule has 5 nitrogen and oxygen atoms in total. The predicted molar refractivity (Wildman–Crippen MR) is 86.1 cm³/mol. The maximum Gasteiger partial charge on any atom is 0.240 e. The van der Waals surface area contributed by atoms with Crippen LogP contribution in [0.1, 0.15) is 31.9 Å². The molecule has 0 saturated carbocycles. The van der Waals surface area contributed by atoms with E-state index in [-0.39, 0.29) is 11.3 Å². The van der Waals surface area contributed by atoms with Crippen molar-refractivity contribution >= 4 is 5.91 Å². The summed E-state index contributed by atoms with van der Waals surface area (Å²) in [6, 6.07) is 3.46. The van der Waals surface area contributed by atoms with Gasteiger partial charge in [0.05, 0.1) is 20.3 Å². The first kappa shape index (κ1) is 16.6. The first-order valence-corrected chi connectivity index (χ1v) is 7.56. The molecule has 1 aliphatic rings. The number of hydrogen-bond acceptors (Lipinski definition) is 4. The monoisotopic (exact) mass is 306 g/mol. The molecular formula is C17H26N2O3. The minimum atomic E-state index is -0.491. The molecule has 1 aromatic carbocycles. The lowest BCUT2D eigenvalue weighted by atomic mass is 9.86. The lowest BCUT2D eigenvalue weighted by molar-refractivity contribution is -0.135. The Morgan fingerprint density at radius 2 is 1.73 bits per heavy atom. The van der Waals surface area contributed by atoms with Crippen LogP contribution in [0.3, 0.4) is 0 Å². The van der Waals surface area contributed by atoms with Gasteiger partial charge in [0.15, 0.2) is 11.5 Å². The molecule has 0 radical (unpaired) electrons. The van der Waals surface area contributed by atoms with E-state index in [9.17, 15) is 4.79 Å². The van der Waals surface area contributed by atoms with Crippen LogP contribution >= 0.6 is 0 Å². The number of amides is 1. The minimum absolute atomic E-state index is 0.00735. The third kappa shape index (κ3) is 3.19. The van der Waals surface area contributed by atoms with Gasteiger partial charge in [-0.05, 0) is 35.1 Å². The average Bonchev–Trinajstić information content (AvgIpc) is 2.50. The molecule has 2 N–H and O–H groups in total. The maximum absolute atomic E-state index is 12.6. The van der Waals surface area contributed by atoms with Gasteiger partial charge in [-0.15, -0.1) is 0 Å². The summed E-state index contributed by atoms with van der Waals surface area (Å²) in [6.45, 7) is 7.22. The molecule has 0 unspecified atom stereocenters. The quantitative estimate of drug-likeness (QED) is 0.927. The molecule has 1 aromatic rings. The smallest absolute Gasteiger partial charge is 0.240 e. The van der Waals surface area contributed by atoms with E-state index in [1.165, 1.54) is 5.56 Å². The van der Waals surface area contributed by atoms with E-state index in [1.807, 2.05) is 37.8 Å². The predicted octanol–water partition coefficient (Wildman–Crippen LogP) is 1.96. The highest BCUT2D eigenvalue weighted by Gasteiger charge is 2.32. The van der Waals surface area contributed by atoms with Crippen LogP contribution in [0.2, 0.25) is 0 Å². The average molecular weight is 306 g/mol. The van der Waals surface area contributed by atoms with E-state index in [0.29, 0.717) is 18.8 Å². The molecule has 1 atom stereocenters. The Hall–Kier alpha value is -1.75. The van der Waals surface area contributed by atoms with Crippen LogP contribution < -0.4 is 15.2 Å². The Morgan fingerprint density at radius 3 is 2.23 bits per heavy atom. The van der Waals surface area contributed by atoms with Gasteiger partial charge in [0.1, 0.15) is 0 Å². The van der Waals surface area contributed by atoms with Crippen molar-refractivity contribution in [3.63, 3.8) is 0 Å². The van der Waals surface area contributed by atoms with E-state index < -0.39 is 6.04 Å². The number of fused-ring (bicyclic) bond motifs is 1. The number of carbonyl (C=O) groups excluding carboxylic acids is 1. The van der Waals surface area contributed by atoms with Gasteiger partial charge in [0.25, 0.3) is 0 Å². The molecule has 0 aliphatic carbocycles. The number of hydrogen-bond donors (Lipinski definition) is 1. The van der Waals surface area contributed by atoms with Gasteiger partial charge >= 0.3 is 0 Å². The fourth-order valence-corrected chi connectivity index (χ4v) is 2.64. The highest BCUT2D eigenvalue weighted by atomic mass is 16.5. The zero-order chi connectivity index (χ0) is 16.5. The number of nitrogens with two attached hydrogens (primary N) is 1. The van der Waals surface area contributed by atoms with E-state index >= 15 is 0 Å². The van der Waals surface area contributed by atoms with E-state index in [0.717, 1.165) is 17.7 Å². The third-order valence-electron chi connectivity index (χ3n) is 4.23. The number of rotatable bonds is 3. The Balaban J connectivity index is 2.23. The van der Waals surface area contributed by atoms with Gasteiger partial charge in [0, 0.05) is 13.1 Å². The van der Waals surface area contributed by atoms with Crippen LogP contribution in [0.15, 0.2) is 12.1 Å². The zero-order valence-electron chi connectivity index (χ0n) is 14.1. The topological polar surface area (TPSA) is 64.8 Å². The Kier molecular flexibility index (Phi) is 4.66. The molecule has 0 bridgehead atoms. The number of ether oxygens (including phenoxy) is 2. The second-order valence-corrected chi connectivity index (χ2v) is 6.83. The molecule has 0 spiro atoms. The molecule has 0 saturated heterocycles. The SMILES string of the molecule is COc1cc2c(cc1OC)CN(C(=O)[C@H](N)C(C)(C)C)CC2. The fourth-order valence-electron chi connectivity index (χ4n) is 2.64. The van der Waals surface area contributed by atoms with Crippen molar-refractivity contribution in [3.05, 3.63) is 23.3 Å². The summed E-state index contributed by atoms with van der Waals surface area (Å²) >= 11 is 0. The van der Waals surface area contributed by atoms with Crippen molar-refractivity contribution in [1.82, 2.24) is 4.90 Å². The Labute approximate surface area is 132 Å². The lowest BCUT2D eigenvalue weighted by Gasteiger charge is -2.35. The van der Waals surface area contributed by atoms with Crippen molar-refractivity contribution in [2.75, 3.05) is 20.8 Å². The minimum Gasteiger partial charge on any atom is -0.493 e. The van der Waals surface area contributed by atoms with Gasteiger partial charge in [-0.3, -0.25) is 4.79 Å². The van der Waals surface area contributed by atoms with Crippen LogP contribution in [-0.4, -0.2) is 37.6 Å². The van der Waals surface area contributed by atoms with Crippen LogP contribution in [0.25, 0.3) is 0 Å². The number of benzene rings is 1. The van der Waals surface area contributed by atoms with Crippen molar-refractivity contribution < 1.29 is 14.3 Å².